The molecule has 2 aliphatic rings. The van der Waals surface area contributed by atoms with Gasteiger partial charge in [0.1, 0.15) is 5.69 Å². The van der Waals surface area contributed by atoms with Crippen molar-refractivity contribution in [2.45, 2.75) is 52.2 Å². The number of rotatable bonds is 5. The molecule has 0 unspecified atom stereocenters. The summed E-state index contributed by atoms with van der Waals surface area (Å²) in [5.74, 6) is 0.395. The van der Waals surface area contributed by atoms with Crippen molar-refractivity contribution < 1.29 is 9.59 Å². The first kappa shape index (κ1) is 16.9. The lowest BCUT2D eigenvalue weighted by atomic mass is 9.84. The number of hydrogen-bond donors (Lipinski definition) is 2. The fraction of sp³-hybridized carbons (Fsp3) is 0.526. The third-order valence-electron chi connectivity index (χ3n) is 5.42. The van der Waals surface area contributed by atoms with Crippen molar-refractivity contribution in [3.63, 3.8) is 0 Å². The van der Waals surface area contributed by atoms with Gasteiger partial charge in [0, 0.05) is 18.2 Å². The summed E-state index contributed by atoms with van der Waals surface area (Å²) in [6.07, 6.45) is 4.11. The van der Waals surface area contributed by atoms with Gasteiger partial charge in [-0.2, -0.15) is 5.10 Å². The molecule has 4 rings (SSSR count). The van der Waals surface area contributed by atoms with E-state index in [1.54, 1.807) is 6.07 Å². The maximum absolute atomic E-state index is 12.4. The maximum atomic E-state index is 12.4. The first-order chi connectivity index (χ1) is 12.6. The molecule has 0 radical (unpaired) electrons. The second kappa shape index (κ2) is 6.97. The number of nitrogens with one attached hydrogen (secondary N) is 2. The molecule has 1 aliphatic carbocycles. The van der Waals surface area contributed by atoms with Crippen LogP contribution in [-0.2, 0) is 30.8 Å². The molecule has 2 amide bonds. The van der Waals surface area contributed by atoms with E-state index in [0.29, 0.717) is 18.8 Å². The zero-order valence-electron chi connectivity index (χ0n) is 15.1. The van der Waals surface area contributed by atoms with Crippen molar-refractivity contribution in [3.8, 4) is 0 Å². The monoisotopic (exact) mass is 355 g/mol. The van der Waals surface area contributed by atoms with E-state index in [-0.39, 0.29) is 17.7 Å². The fourth-order valence-electron chi connectivity index (χ4n) is 3.56. The summed E-state index contributed by atoms with van der Waals surface area (Å²) in [7, 11) is 0. The first-order valence-electron chi connectivity index (χ1n) is 9.44. The second-order valence-electron chi connectivity index (χ2n) is 7.17. The largest absolute Gasteiger partial charge is 0.354 e. The highest BCUT2D eigenvalue weighted by Crippen LogP contribution is 2.29. The molecular formula is C19H25N5O2. The summed E-state index contributed by atoms with van der Waals surface area (Å²) in [4.78, 5) is 29.7. The molecule has 26 heavy (non-hydrogen) atoms. The summed E-state index contributed by atoms with van der Waals surface area (Å²) >= 11 is 0. The lowest BCUT2D eigenvalue weighted by Gasteiger charge is -2.34. The van der Waals surface area contributed by atoms with Gasteiger partial charge < -0.3 is 15.2 Å². The number of fused-ring (bicyclic) bond motifs is 1. The Bertz CT molecular complexity index is 818. The normalized spacial score (nSPS) is 16.9. The van der Waals surface area contributed by atoms with Gasteiger partial charge >= 0.3 is 0 Å². The van der Waals surface area contributed by atoms with E-state index in [1.165, 1.54) is 6.42 Å². The molecule has 7 nitrogen and oxygen atoms in total. The molecule has 0 saturated heterocycles. The second-order valence-corrected chi connectivity index (χ2v) is 7.17. The fourth-order valence-corrected chi connectivity index (χ4v) is 3.56. The zero-order valence-corrected chi connectivity index (χ0v) is 15.1. The average Bonchev–Trinajstić information content (AvgIpc) is 3.23. The lowest BCUT2D eigenvalue weighted by molar-refractivity contribution is -0.139. The Hall–Kier alpha value is -2.57. The minimum Gasteiger partial charge on any atom is -0.354 e. The van der Waals surface area contributed by atoms with E-state index >= 15 is 0 Å². The van der Waals surface area contributed by atoms with Gasteiger partial charge in [-0.05, 0) is 37.5 Å². The quantitative estimate of drug-likeness (QED) is 0.858. The number of hydrogen-bond acceptors (Lipinski definition) is 3. The van der Waals surface area contributed by atoms with Crippen molar-refractivity contribution in [1.29, 1.82) is 0 Å². The minimum absolute atomic E-state index is 0.127. The summed E-state index contributed by atoms with van der Waals surface area (Å²) < 4.78 is 1.95. The Morgan fingerprint density at radius 2 is 2.15 bits per heavy atom. The molecule has 0 spiro atoms. The predicted octanol–water partition coefficient (Wildman–Crippen LogP) is 1.85. The van der Waals surface area contributed by atoms with Gasteiger partial charge in [-0.25, -0.2) is 0 Å². The standard InChI is InChI=1S/C19H25N5O2/c1-2-14-6-7-17(21-14)18(25)20-11-15-10-16-12-23(8-9-24(16)22-15)19(26)13-4-3-5-13/h6-7,10,13,21H,2-5,8-9,11-12H2,1H3,(H,20,25). The van der Waals surface area contributed by atoms with Gasteiger partial charge in [-0.3, -0.25) is 14.3 Å². The van der Waals surface area contributed by atoms with Gasteiger partial charge in [-0.1, -0.05) is 13.3 Å². The van der Waals surface area contributed by atoms with E-state index in [9.17, 15) is 9.59 Å². The highest BCUT2D eigenvalue weighted by Gasteiger charge is 2.31. The molecule has 1 fully saturated rings. The highest BCUT2D eigenvalue weighted by atomic mass is 16.2. The van der Waals surface area contributed by atoms with Crippen LogP contribution in [0.25, 0.3) is 0 Å². The van der Waals surface area contributed by atoms with E-state index in [0.717, 1.165) is 49.4 Å². The molecule has 3 heterocycles. The molecule has 1 aliphatic heterocycles. The molecule has 0 aromatic carbocycles. The van der Waals surface area contributed by atoms with Crippen molar-refractivity contribution in [2.75, 3.05) is 6.54 Å². The van der Waals surface area contributed by atoms with Crippen molar-refractivity contribution in [2.24, 2.45) is 5.92 Å². The summed E-state index contributed by atoms with van der Waals surface area (Å²) in [5, 5.41) is 7.47. The maximum Gasteiger partial charge on any atom is 0.268 e. The SMILES string of the molecule is CCc1ccc(C(=O)NCc2cc3n(n2)CCN(C(=O)C2CCC2)C3)[nH]1. The molecule has 0 atom stereocenters. The van der Waals surface area contributed by atoms with Crippen LogP contribution in [0.4, 0.5) is 0 Å². The number of H-pyrrole nitrogens is 1. The van der Waals surface area contributed by atoms with Gasteiger partial charge in [-0.15, -0.1) is 0 Å². The molecule has 2 aromatic heterocycles. The summed E-state index contributed by atoms with van der Waals surface area (Å²) in [6, 6.07) is 5.72. The van der Waals surface area contributed by atoms with Crippen molar-refractivity contribution in [3.05, 3.63) is 41.0 Å². The number of aromatic amines is 1. The lowest BCUT2D eigenvalue weighted by Crippen LogP contribution is -2.43. The third-order valence-corrected chi connectivity index (χ3v) is 5.42. The smallest absolute Gasteiger partial charge is 0.268 e. The Balaban J connectivity index is 1.35. The average molecular weight is 355 g/mol. The van der Waals surface area contributed by atoms with Crippen LogP contribution in [0.15, 0.2) is 18.2 Å². The van der Waals surface area contributed by atoms with Crippen LogP contribution >= 0.6 is 0 Å². The molecule has 138 valence electrons. The van der Waals surface area contributed by atoms with Gasteiger partial charge in [0.2, 0.25) is 5.91 Å². The molecular weight excluding hydrogens is 330 g/mol. The van der Waals surface area contributed by atoms with Gasteiger partial charge in [0.15, 0.2) is 0 Å². The number of carbonyl (C=O) groups excluding carboxylic acids is 2. The molecule has 0 bridgehead atoms. The number of carbonyl (C=O) groups is 2. The van der Waals surface area contributed by atoms with Crippen LogP contribution < -0.4 is 5.32 Å². The van der Waals surface area contributed by atoms with Gasteiger partial charge in [0.25, 0.3) is 5.91 Å². The molecule has 2 aromatic rings. The topological polar surface area (TPSA) is 83.0 Å². The number of amides is 2. The Labute approximate surface area is 152 Å². The molecule has 1 saturated carbocycles. The van der Waals surface area contributed by atoms with Crippen molar-refractivity contribution in [1.82, 2.24) is 25.0 Å². The van der Waals surface area contributed by atoms with E-state index < -0.39 is 0 Å². The van der Waals surface area contributed by atoms with Crippen LogP contribution in [0.3, 0.4) is 0 Å². The third kappa shape index (κ3) is 3.25. The minimum atomic E-state index is -0.127. The van der Waals surface area contributed by atoms with Crippen molar-refractivity contribution >= 4 is 11.8 Å². The first-order valence-corrected chi connectivity index (χ1v) is 9.44. The number of aromatic nitrogens is 3. The number of nitrogens with zero attached hydrogens (tertiary/aromatic N) is 3. The van der Waals surface area contributed by atoms with Crippen LogP contribution in [0.1, 0.15) is 53.8 Å². The zero-order chi connectivity index (χ0) is 18.1. The van der Waals surface area contributed by atoms with E-state index in [1.807, 2.05) is 28.6 Å². The van der Waals surface area contributed by atoms with E-state index in [2.05, 4.69) is 15.4 Å². The van der Waals surface area contributed by atoms with Crippen LogP contribution in [0.2, 0.25) is 0 Å². The number of aryl methyl sites for hydroxylation is 1. The van der Waals surface area contributed by atoms with Crippen LogP contribution in [-0.4, -0.2) is 38.0 Å². The summed E-state index contributed by atoms with van der Waals surface area (Å²) in [5.41, 5.74) is 3.49. The molecule has 7 heteroatoms. The van der Waals surface area contributed by atoms with E-state index in [4.69, 9.17) is 0 Å². The predicted molar refractivity (Wildman–Crippen MR) is 96.3 cm³/mol. The van der Waals surface area contributed by atoms with Gasteiger partial charge in [0.05, 0.1) is 31.0 Å². The highest BCUT2D eigenvalue weighted by molar-refractivity contribution is 5.92. The Morgan fingerprint density at radius 1 is 1.31 bits per heavy atom. The Kier molecular flexibility index (Phi) is 4.53. The molecule has 2 N–H and O–H groups in total. The van der Waals surface area contributed by atoms with Crippen LogP contribution in [0.5, 0.6) is 0 Å². The summed E-state index contributed by atoms with van der Waals surface area (Å²) in [6.45, 7) is 4.49. The van der Waals surface area contributed by atoms with Crippen LogP contribution in [0, 0.1) is 5.92 Å². The Morgan fingerprint density at radius 3 is 2.85 bits per heavy atom.